The zero-order valence-electron chi connectivity index (χ0n) is 9.64. The van der Waals surface area contributed by atoms with Crippen LogP contribution in [0.2, 0.25) is 0 Å². The average molecular weight is 258 g/mol. The number of imide groups is 1. The highest BCUT2D eigenvalue weighted by atomic mass is 32.2. The summed E-state index contributed by atoms with van der Waals surface area (Å²) in [5, 5.41) is 3.01. The maximum atomic E-state index is 11.5. The molecule has 0 saturated carbocycles. The zero-order chi connectivity index (χ0) is 12.7. The van der Waals surface area contributed by atoms with Crippen LogP contribution < -0.4 is 5.32 Å². The molecule has 1 fully saturated rings. The number of carbonyl (C=O) groups excluding carboxylic acids is 2. The predicted octanol–water partition coefficient (Wildman–Crippen LogP) is 2.50. The summed E-state index contributed by atoms with van der Waals surface area (Å²) in [6, 6.07) is 7.89. The van der Waals surface area contributed by atoms with E-state index < -0.39 is 0 Å². The second-order valence-corrected chi connectivity index (χ2v) is 5.07. The lowest BCUT2D eigenvalue weighted by Crippen LogP contribution is -2.17. The van der Waals surface area contributed by atoms with E-state index in [1.807, 2.05) is 42.1 Å². The van der Waals surface area contributed by atoms with Gasteiger partial charge in [0.05, 0.1) is 4.91 Å². The van der Waals surface area contributed by atoms with Crippen LogP contribution in [-0.4, -0.2) is 15.7 Å². The van der Waals surface area contributed by atoms with E-state index in [2.05, 4.69) is 5.32 Å². The van der Waals surface area contributed by atoms with E-state index >= 15 is 0 Å². The number of thioether (sulfide) groups is 1. The largest absolute Gasteiger partial charge is 0.351 e. The number of benzene rings is 1. The van der Waals surface area contributed by atoms with Gasteiger partial charge in [-0.25, -0.2) is 0 Å². The van der Waals surface area contributed by atoms with Gasteiger partial charge in [0.1, 0.15) is 0 Å². The molecule has 1 aromatic carbocycles. The van der Waals surface area contributed by atoms with Gasteiger partial charge in [-0.3, -0.25) is 14.9 Å². The number of amides is 2. The second-order valence-electron chi connectivity index (χ2n) is 4.06. The number of rotatable bonds is 1. The first kappa shape index (κ1) is 11.1. The molecule has 18 heavy (non-hydrogen) atoms. The second kappa shape index (κ2) is 4.03. The number of aromatic nitrogens is 1. The highest BCUT2D eigenvalue weighted by molar-refractivity contribution is 8.18. The minimum atomic E-state index is -0.321. The van der Waals surface area contributed by atoms with Crippen molar-refractivity contribution < 1.29 is 9.59 Å². The van der Waals surface area contributed by atoms with Gasteiger partial charge < -0.3 is 4.57 Å². The molecule has 0 atom stereocenters. The smallest absolute Gasteiger partial charge is 0.290 e. The SMILES string of the molecule is Cn1ccc2c(/C=C3\SC(=O)NC3=O)cccc21. The third kappa shape index (κ3) is 1.73. The Labute approximate surface area is 108 Å². The molecule has 2 aromatic rings. The molecular weight excluding hydrogens is 248 g/mol. The van der Waals surface area contributed by atoms with Gasteiger partial charge in [-0.05, 0) is 35.5 Å². The molecule has 1 N–H and O–H groups in total. The first-order valence-corrected chi connectivity index (χ1v) is 6.26. The number of hydrogen-bond donors (Lipinski definition) is 1. The summed E-state index contributed by atoms with van der Waals surface area (Å²) in [5.74, 6) is -0.321. The van der Waals surface area contributed by atoms with Crippen molar-refractivity contribution in [3.63, 3.8) is 0 Å². The van der Waals surface area contributed by atoms with E-state index in [1.165, 1.54) is 0 Å². The van der Waals surface area contributed by atoms with Gasteiger partial charge in [0.2, 0.25) is 0 Å². The summed E-state index contributed by atoms with van der Waals surface area (Å²) in [7, 11) is 1.97. The fourth-order valence-corrected chi connectivity index (χ4v) is 2.69. The van der Waals surface area contributed by atoms with E-state index in [0.29, 0.717) is 4.91 Å². The molecule has 1 aliphatic rings. The normalized spacial score (nSPS) is 17.7. The number of nitrogens with one attached hydrogen (secondary N) is 1. The van der Waals surface area contributed by atoms with Gasteiger partial charge in [0.25, 0.3) is 11.1 Å². The van der Waals surface area contributed by atoms with Crippen molar-refractivity contribution in [3.8, 4) is 0 Å². The van der Waals surface area contributed by atoms with E-state index in [4.69, 9.17) is 0 Å². The lowest BCUT2D eigenvalue weighted by atomic mass is 10.1. The van der Waals surface area contributed by atoms with Crippen LogP contribution in [0.5, 0.6) is 0 Å². The Balaban J connectivity index is 2.13. The topological polar surface area (TPSA) is 51.1 Å². The molecule has 0 bridgehead atoms. The minimum absolute atomic E-state index is 0.313. The molecule has 4 nitrogen and oxygen atoms in total. The van der Waals surface area contributed by atoms with Crippen LogP contribution in [0.4, 0.5) is 4.79 Å². The average Bonchev–Trinajstić information content (AvgIpc) is 2.85. The fraction of sp³-hybridized carbons (Fsp3) is 0.0769. The maximum absolute atomic E-state index is 11.5. The lowest BCUT2D eigenvalue weighted by molar-refractivity contribution is -0.115. The third-order valence-corrected chi connectivity index (χ3v) is 3.70. The van der Waals surface area contributed by atoms with Gasteiger partial charge in [-0.15, -0.1) is 0 Å². The molecule has 3 rings (SSSR count). The number of aryl methyl sites for hydroxylation is 1. The molecule has 90 valence electrons. The predicted molar refractivity (Wildman–Crippen MR) is 72.0 cm³/mol. The Morgan fingerprint density at radius 2 is 2.11 bits per heavy atom. The molecule has 0 spiro atoms. The standard InChI is InChI=1S/C13H10N2O2S/c1-15-6-5-9-8(3-2-4-10(9)15)7-11-12(16)14-13(17)18-11/h2-7H,1H3,(H,14,16,17)/b11-7-. The van der Waals surface area contributed by atoms with Crippen molar-refractivity contribution in [3.05, 3.63) is 40.9 Å². The Kier molecular flexibility index (Phi) is 2.48. The van der Waals surface area contributed by atoms with Gasteiger partial charge in [-0.1, -0.05) is 12.1 Å². The van der Waals surface area contributed by atoms with Crippen LogP contribution in [0.15, 0.2) is 35.4 Å². The molecule has 2 amide bonds. The van der Waals surface area contributed by atoms with E-state index in [0.717, 1.165) is 28.2 Å². The van der Waals surface area contributed by atoms with E-state index in [1.54, 1.807) is 6.08 Å². The van der Waals surface area contributed by atoms with Crippen molar-refractivity contribution in [2.24, 2.45) is 7.05 Å². The highest BCUT2D eigenvalue weighted by Crippen LogP contribution is 2.28. The minimum Gasteiger partial charge on any atom is -0.351 e. The number of fused-ring (bicyclic) bond motifs is 1. The fourth-order valence-electron chi connectivity index (χ4n) is 2.01. The highest BCUT2D eigenvalue weighted by Gasteiger charge is 2.25. The summed E-state index contributed by atoms with van der Waals surface area (Å²) in [6.07, 6.45) is 3.73. The molecular formula is C13H10N2O2S. The molecule has 5 heteroatoms. The van der Waals surface area contributed by atoms with Crippen LogP contribution >= 0.6 is 11.8 Å². The van der Waals surface area contributed by atoms with E-state index in [-0.39, 0.29) is 11.1 Å². The Morgan fingerprint density at radius 3 is 2.83 bits per heavy atom. The monoisotopic (exact) mass is 258 g/mol. The van der Waals surface area contributed by atoms with Crippen LogP contribution in [0.3, 0.4) is 0 Å². The molecule has 1 aromatic heterocycles. The molecule has 0 unspecified atom stereocenters. The van der Waals surface area contributed by atoms with E-state index in [9.17, 15) is 9.59 Å². The first-order valence-electron chi connectivity index (χ1n) is 5.44. The van der Waals surface area contributed by atoms with Gasteiger partial charge in [0.15, 0.2) is 0 Å². The van der Waals surface area contributed by atoms with Crippen LogP contribution in [-0.2, 0) is 11.8 Å². The van der Waals surface area contributed by atoms with Gasteiger partial charge >= 0.3 is 0 Å². The quantitative estimate of drug-likeness (QED) is 0.799. The molecule has 1 saturated heterocycles. The van der Waals surface area contributed by atoms with Crippen LogP contribution in [0, 0.1) is 0 Å². The number of nitrogens with zero attached hydrogens (tertiary/aromatic N) is 1. The molecule has 0 aliphatic carbocycles. The maximum Gasteiger partial charge on any atom is 0.290 e. The summed E-state index contributed by atoms with van der Waals surface area (Å²) >= 11 is 0.939. The van der Waals surface area contributed by atoms with Crippen molar-refractivity contribution in [1.82, 2.24) is 9.88 Å². The Bertz CT molecular complexity index is 700. The van der Waals surface area contributed by atoms with Crippen LogP contribution in [0.25, 0.3) is 17.0 Å². The summed E-state index contributed by atoms with van der Waals surface area (Å²) < 4.78 is 2.02. The zero-order valence-corrected chi connectivity index (χ0v) is 10.5. The Hall–Kier alpha value is -2.01. The molecule has 2 heterocycles. The Morgan fingerprint density at radius 1 is 1.28 bits per heavy atom. The summed E-state index contributed by atoms with van der Waals surface area (Å²) in [6.45, 7) is 0. The van der Waals surface area contributed by atoms with Gasteiger partial charge in [-0.2, -0.15) is 0 Å². The van der Waals surface area contributed by atoms with Crippen molar-refractivity contribution in [1.29, 1.82) is 0 Å². The summed E-state index contributed by atoms with van der Waals surface area (Å²) in [5.41, 5.74) is 2.04. The first-order chi connectivity index (χ1) is 8.65. The molecule has 0 radical (unpaired) electrons. The number of carbonyl (C=O) groups is 2. The van der Waals surface area contributed by atoms with Crippen molar-refractivity contribution in [2.75, 3.05) is 0 Å². The van der Waals surface area contributed by atoms with Crippen molar-refractivity contribution >= 4 is 39.9 Å². The number of hydrogen-bond acceptors (Lipinski definition) is 3. The lowest BCUT2D eigenvalue weighted by Gasteiger charge is -2.00. The third-order valence-electron chi connectivity index (χ3n) is 2.89. The van der Waals surface area contributed by atoms with Gasteiger partial charge in [0, 0.05) is 24.1 Å². The van der Waals surface area contributed by atoms with Crippen molar-refractivity contribution in [2.45, 2.75) is 0 Å². The van der Waals surface area contributed by atoms with Crippen LogP contribution in [0.1, 0.15) is 5.56 Å². The molecule has 1 aliphatic heterocycles. The summed E-state index contributed by atoms with van der Waals surface area (Å²) in [4.78, 5) is 23.1.